The molecule has 0 heterocycles. The van der Waals surface area contributed by atoms with Crippen LogP contribution in [0.2, 0.25) is 5.02 Å². The van der Waals surface area contributed by atoms with Crippen LogP contribution in [0.1, 0.15) is 47.1 Å². The van der Waals surface area contributed by atoms with Gasteiger partial charge in [0.25, 0.3) is 5.91 Å². The van der Waals surface area contributed by atoms with Crippen LogP contribution >= 0.6 is 11.6 Å². The molecule has 0 bridgehead atoms. The number of halogens is 1. The molecule has 0 atom stereocenters. The van der Waals surface area contributed by atoms with Crippen LogP contribution in [-0.2, 0) is 0 Å². The highest BCUT2D eigenvalue weighted by atomic mass is 35.5. The number of nitrogens with two attached hydrogens (primary N) is 1. The van der Waals surface area contributed by atoms with Gasteiger partial charge in [-0.05, 0) is 49.8 Å². The number of aryl methyl sites for hydroxylation is 1. The number of benzene rings is 2. The molecule has 0 saturated carbocycles. The van der Waals surface area contributed by atoms with Gasteiger partial charge >= 0.3 is 5.97 Å². The van der Waals surface area contributed by atoms with Crippen LogP contribution in [0.4, 0.5) is 0 Å². The first-order chi connectivity index (χ1) is 14.8. The van der Waals surface area contributed by atoms with Gasteiger partial charge in [0.1, 0.15) is 12.4 Å². The van der Waals surface area contributed by atoms with Crippen LogP contribution in [0, 0.1) is 6.92 Å². The van der Waals surface area contributed by atoms with Crippen LogP contribution < -0.4 is 10.5 Å². The first-order valence-corrected chi connectivity index (χ1v) is 10.1. The lowest BCUT2D eigenvalue weighted by molar-refractivity contribution is 0.0696. The fraction of sp³-hybridized carbons (Fsp3) is 0.200. The summed E-state index contributed by atoms with van der Waals surface area (Å²) in [6, 6.07) is 11.5. The largest absolute Gasteiger partial charge is 0.488 e. The number of carboxylic acid groups (broad SMARTS) is 1. The standard InChI is InChI=1S/C15H16ClNO2.C8H8O2.C2H6/c1-3-5-6-11(4-2)10-19-14-8-7-12(16)9-13(14)15(17)18;1-6-2-4-7(5-3-6)8(9)10;1-2/h3-9H,2,10H2,1H3,(H2,17,18);2-5H,1H3,(H,9,10);1-2H3/b5-3-,11-6+;;. The summed E-state index contributed by atoms with van der Waals surface area (Å²) in [7, 11) is 0. The number of hydrogen-bond donors (Lipinski definition) is 2. The Morgan fingerprint density at radius 3 is 2.26 bits per heavy atom. The zero-order valence-electron chi connectivity index (χ0n) is 18.4. The van der Waals surface area contributed by atoms with Crippen molar-refractivity contribution in [1.29, 1.82) is 0 Å². The van der Waals surface area contributed by atoms with Crippen LogP contribution in [-0.4, -0.2) is 23.6 Å². The van der Waals surface area contributed by atoms with Gasteiger partial charge in [-0.1, -0.05) is 74.0 Å². The molecular weight excluding hydrogens is 414 g/mol. The molecule has 2 aromatic carbocycles. The SMILES string of the molecule is C=C/C(=C\C=C/C)COc1ccc(Cl)cc1C(N)=O.CC.Cc1ccc(C(=O)O)cc1. The van der Waals surface area contributed by atoms with Gasteiger partial charge in [-0.2, -0.15) is 0 Å². The van der Waals surface area contributed by atoms with Crippen molar-refractivity contribution in [3.8, 4) is 5.75 Å². The molecule has 0 fully saturated rings. The van der Waals surface area contributed by atoms with E-state index in [1.54, 1.807) is 42.5 Å². The smallest absolute Gasteiger partial charge is 0.335 e. The van der Waals surface area contributed by atoms with Gasteiger partial charge in [0.15, 0.2) is 0 Å². The molecule has 0 saturated heterocycles. The summed E-state index contributed by atoms with van der Waals surface area (Å²) in [6.07, 6.45) is 7.37. The van der Waals surface area contributed by atoms with E-state index in [9.17, 15) is 9.59 Å². The number of amides is 1. The van der Waals surface area contributed by atoms with E-state index in [2.05, 4.69) is 6.58 Å². The molecule has 5 nitrogen and oxygen atoms in total. The molecule has 2 rings (SSSR count). The van der Waals surface area contributed by atoms with Crippen molar-refractivity contribution in [1.82, 2.24) is 0 Å². The summed E-state index contributed by atoms with van der Waals surface area (Å²) in [6.45, 7) is 11.8. The maximum Gasteiger partial charge on any atom is 0.335 e. The summed E-state index contributed by atoms with van der Waals surface area (Å²) in [5, 5.41) is 8.92. The van der Waals surface area contributed by atoms with Gasteiger partial charge in [0.05, 0.1) is 11.1 Å². The molecule has 3 N–H and O–H groups in total. The Balaban J connectivity index is 0.000000628. The van der Waals surface area contributed by atoms with Crippen LogP contribution in [0.5, 0.6) is 5.75 Å². The van der Waals surface area contributed by atoms with Crippen molar-refractivity contribution >= 4 is 23.5 Å². The first kappa shape index (κ1) is 27.7. The van der Waals surface area contributed by atoms with E-state index in [1.807, 2.05) is 45.9 Å². The minimum atomic E-state index is -0.875. The van der Waals surface area contributed by atoms with E-state index in [4.69, 9.17) is 27.2 Å². The lowest BCUT2D eigenvalue weighted by atomic mass is 10.2. The topological polar surface area (TPSA) is 89.6 Å². The summed E-state index contributed by atoms with van der Waals surface area (Å²) in [4.78, 5) is 21.6. The number of hydrogen-bond acceptors (Lipinski definition) is 3. The summed E-state index contributed by atoms with van der Waals surface area (Å²) >= 11 is 5.82. The van der Waals surface area contributed by atoms with E-state index in [0.29, 0.717) is 22.9 Å². The fourth-order valence-corrected chi connectivity index (χ4v) is 2.24. The predicted molar refractivity (Wildman–Crippen MR) is 128 cm³/mol. The highest BCUT2D eigenvalue weighted by Gasteiger charge is 2.10. The van der Waals surface area contributed by atoms with Crippen LogP contribution in [0.3, 0.4) is 0 Å². The molecule has 0 radical (unpaired) electrons. The number of ether oxygens (including phenoxy) is 1. The number of rotatable bonds is 7. The monoisotopic (exact) mass is 443 g/mol. The second-order valence-electron chi connectivity index (χ2n) is 5.94. The highest BCUT2D eigenvalue weighted by molar-refractivity contribution is 6.31. The molecule has 6 heteroatoms. The lowest BCUT2D eigenvalue weighted by Gasteiger charge is -2.10. The molecule has 0 unspecified atom stereocenters. The average molecular weight is 444 g/mol. The zero-order chi connectivity index (χ0) is 23.8. The number of aromatic carboxylic acids is 1. The lowest BCUT2D eigenvalue weighted by Crippen LogP contribution is -2.13. The van der Waals surface area contributed by atoms with E-state index in [-0.39, 0.29) is 5.56 Å². The quantitative estimate of drug-likeness (QED) is 0.496. The Hall–Kier alpha value is -3.31. The second-order valence-corrected chi connectivity index (χ2v) is 6.37. The average Bonchev–Trinajstić information content (AvgIpc) is 2.76. The van der Waals surface area contributed by atoms with Gasteiger partial charge in [-0.15, -0.1) is 0 Å². The fourth-order valence-electron chi connectivity index (χ4n) is 2.07. The molecule has 0 aromatic heterocycles. The molecule has 2 aromatic rings. The molecule has 166 valence electrons. The Bertz CT molecular complexity index is 916. The molecule has 0 spiro atoms. The highest BCUT2D eigenvalue weighted by Crippen LogP contribution is 2.23. The maximum atomic E-state index is 11.3. The number of carbonyl (C=O) groups excluding carboxylic acids is 1. The molecule has 0 aliphatic heterocycles. The molecule has 31 heavy (non-hydrogen) atoms. The van der Waals surface area contributed by atoms with Crippen molar-refractivity contribution in [2.75, 3.05) is 6.61 Å². The third kappa shape index (κ3) is 10.9. The molecule has 0 aliphatic rings. The van der Waals surface area contributed by atoms with Gasteiger partial charge in [-0.3, -0.25) is 4.79 Å². The van der Waals surface area contributed by atoms with Gasteiger partial charge < -0.3 is 15.6 Å². The first-order valence-electron chi connectivity index (χ1n) is 9.74. The van der Waals surface area contributed by atoms with Gasteiger partial charge in [0.2, 0.25) is 0 Å². The summed E-state index contributed by atoms with van der Waals surface area (Å²) in [5.74, 6) is -1.04. The van der Waals surface area contributed by atoms with E-state index >= 15 is 0 Å². The number of carbonyl (C=O) groups is 2. The Morgan fingerprint density at radius 1 is 1.16 bits per heavy atom. The predicted octanol–water partition coefficient (Wildman–Crippen LogP) is 6.23. The Kier molecular flexibility index (Phi) is 13.9. The van der Waals surface area contributed by atoms with Crippen molar-refractivity contribution in [2.24, 2.45) is 5.73 Å². The molecule has 1 amide bonds. The minimum absolute atomic E-state index is 0.266. The summed E-state index contributed by atoms with van der Waals surface area (Å²) in [5.41, 5.74) is 7.85. The molecule has 0 aliphatic carbocycles. The number of carboxylic acids is 1. The van der Waals surface area contributed by atoms with Crippen LogP contribution in [0.15, 0.2) is 78.9 Å². The summed E-state index contributed by atoms with van der Waals surface area (Å²) < 4.78 is 5.57. The van der Waals surface area contributed by atoms with Crippen molar-refractivity contribution in [3.63, 3.8) is 0 Å². The number of allylic oxidation sites excluding steroid dienone is 3. The van der Waals surface area contributed by atoms with Crippen molar-refractivity contribution in [2.45, 2.75) is 27.7 Å². The Morgan fingerprint density at radius 2 is 1.77 bits per heavy atom. The zero-order valence-corrected chi connectivity index (χ0v) is 19.1. The van der Waals surface area contributed by atoms with Crippen molar-refractivity contribution in [3.05, 3.63) is 101 Å². The third-order valence-electron chi connectivity index (χ3n) is 3.66. The number of primary amides is 1. The van der Waals surface area contributed by atoms with Crippen molar-refractivity contribution < 1.29 is 19.4 Å². The second kappa shape index (κ2) is 15.5. The minimum Gasteiger partial charge on any atom is -0.488 e. The normalized spacial score (nSPS) is 10.3. The Labute approximate surface area is 189 Å². The van der Waals surface area contributed by atoms with E-state index in [0.717, 1.165) is 11.1 Å². The van der Waals surface area contributed by atoms with Crippen LogP contribution in [0.25, 0.3) is 0 Å². The van der Waals surface area contributed by atoms with Gasteiger partial charge in [0, 0.05) is 5.02 Å². The van der Waals surface area contributed by atoms with E-state index < -0.39 is 11.9 Å². The maximum absolute atomic E-state index is 11.3. The molecular formula is C25H30ClNO4. The van der Waals surface area contributed by atoms with Gasteiger partial charge in [-0.25, -0.2) is 4.79 Å². The third-order valence-corrected chi connectivity index (χ3v) is 3.90. The van der Waals surface area contributed by atoms with E-state index in [1.165, 1.54) is 6.07 Å².